The minimum atomic E-state index is -5.04. The van der Waals surface area contributed by atoms with Gasteiger partial charge in [-0.25, -0.2) is 0 Å². The van der Waals surface area contributed by atoms with Crippen LogP contribution in [0, 0.1) is 0 Å². The van der Waals surface area contributed by atoms with E-state index in [9.17, 15) is 27.6 Å². The summed E-state index contributed by atoms with van der Waals surface area (Å²) >= 11 is 0. The normalized spacial score (nSPS) is 10.8. The molecule has 0 bridgehead atoms. The van der Waals surface area contributed by atoms with Gasteiger partial charge in [-0.2, -0.15) is 13.2 Å². The van der Waals surface area contributed by atoms with Gasteiger partial charge in [0, 0.05) is 0 Å². The van der Waals surface area contributed by atoms with E-state index in [4.69, 9.17) is 0 Å². The number of alkyl halides is 3. The van der Waals surface area contributed by atoms with Crippen molar-refractivity contribution < 1.29 is 32.3 Å². The Hall–Kier alpha value is -1.60. The van der Waals surface area contributed by atoms with Gasteiger partial charge >= 0.3 is 18.1 Å². The molecule has 16 heavy (non-hydrogen) atoms. The molecule has 0 aromatic carbocycles. The molecule has 0 aliphatic carbocycles. The molecule has 0 saturated heterocycles. The molecule has 0 spiro atoms. The topological polar surface area (TPSA) is 72.5 Å². The van der Waals surface area contributed by atoms with Crippen molar-refractivity contribution in [2.24, 2.45) is 0 Å². The molecule has 1 N–H and O–H groups in total. The Bertz CT molecular complexity index is 287. The number of nitrogens with one attached hydrogen (secondary N) is 1. The first-order valence-electron chi connectivity index (χ1n) is 4.29. The van der Waals surface area contributed by atoms with Crippen LogP contribution in [0.25, 0.3) is 0 Å². The highest BCUT2D eigenvalue weighted by molar-refractivity contribution is 5.98. The molecule has 0 radical (unpaired) electrons. The second-order valence-electron chi connectivity index (χ2n) is 2.70. The van der Waals surface area contributed by atoms with Gasteiger partial charge in [0.1, 0.15) is 6.42 Å². The van der Waals surface area contributed by atoms with Crippen molar-refractivity contribution in [1.82, 2.24) is 5.32 Å². The van der Waals surface area contributed by atoms with Crippen molar-refractivity contribution >= 4 is 17.7 Å². The second kappa shape index (κ2) is 6.09. The summed E-state index contributed by atoms with van der Waals surface area (Å²) in [5.41, 5.74) is 0. The molecule has 0 fully saturated rings. The Morgan fingerprint density at radius 3 is 2.25 bits per heavy atom. The summed E-state index contributed by atoms with van der Waals surface area (Å²) in [6, 6.07) is 0. The van der Waals surface area contributed by atoms with Crippen molar-refractivity contribution in [2.45, 2.75) is 19.5 Å². The van der Waals surface area contributed by atoms with Gasteiger partial charge in [0.2, 0.25) is 0 Å². The molecule has 0 atom stereocenters. The summed E-state index contributed by atoms with van der Waals surface area (Å²) in [6.07, 6.45) is -5.70. The predicted molar refractivity (Wildman–Crippen MR) is 45.3 cm³/mol. The van der Waals surface area contributed by atoms with E-state index < -0.39 is 36.8 Å². The van der Waals surface area contributed by atoms with Crippen LogP contribution in [0.2, 0.25) is 0 Å². The summed E-state index contributed by atoms with van der Waals surface area (Å²) < 4.78 is 39.4. The fraction of sp³-hybridized carbons (Fsp3) is 0.625. The first-order valence-corrected chi connectivity index (χ1v) is 4.29. The lowest BCUT2D eigenvalue weighted by molar-refractivity contribution is -0.173. The number of esters is 1. The molecule has 0 aromatic heterocycles. The van der Waals surface area contributed by atoms with Crippen molar-refractivity contribution in [2.75, 3.05) is 13.2 Å². The zero-order chi connectivity index (χ0) is 12.8. The van der Waals surface area contributed by atoms with Crippen LogP contribution in [-0.2, 0) is 19.1 Å². The number of carbonyl (C=O) groups is 3. The highest BCUT2D eigenvalue weighted by Gasteiger charge is 2.38. The third kappa shape index (κ3) is 5.99. The Balaban J connectivity index is 3.91. The van der Waals surface area contributed by atoms with E-state index >= 15 is 0 Å². The van der Waals surface area contributed by atoms with Crippen LogP contribution < -0.4 is 5.32 Å². The highest BCUT2D eigenvalue weighted by atomic mass is 19.4. The average Bonchev–Trinajstić information content (AvgIpc) is 2.12. The average molecular weight is 241 g/mol. The first-order chi connectivity index (χ1) is 7.27. The summed E-state index contributed by atoms with van der Waals surface area (Å²) in [7, 11) is 0. The highest BCUT2D eigenvalue weighted by Crippen LogP contribution is 2.13. The van der Waals surface area contributed by atoms with Crippen LogP contribution in [-0.4, -0.2) is 37.0 Å². The minimum absolute atomic E-state index is 0.0705. The molecule has 5 nitrogen and oxygen atoms in total. The molecular weight excluding hydrogens is 231 g/mol. The van der Waals surface area contributed by atoms with E-state index in [0.29, 0.717) is 0 Å². The molecule has 0 aromatic rings. The van der Waals surface area contributed by atoms with Crippen LogP contribution in [0.3, 0.4) is 0 Å². The van der Waals surface area contributed by atoms with Gasteiger partial charge in [-0.1, -0.05) is 0 Å². The summed E-state index contributed by atoms with van der Waals surface area (Å²) in [5, 5.41) is 1.35. The zero-order valence-electron chi connectivity index (χ0n) is 8.39. The van der Waals surface area contributed by atoms with Gasteiger partial charge < -0.3 is 10.1 Å². The van der Waals surface area contributed by atoms with E-state index in [-0.39, 0.29) is 6.61 Å². The Morgan fingerprint density at radius 2 is 1.81 bits per heavy atom. The van der Waals surface area contributed by atoms with Crippen LogP contribution in [0.4, 0.5) is 13.2 Å². The Kier molecular flexibility index (Phi) is 5.48. The van der Waals surface area contributed by atoms with Crippen molar-refractivity contribution in [3.8, 4) is 0 Å². The maximum atomic E-state index is 11.7. The fourth-order valence-corrected chi connectivity index (χ4v) is 0.715. The number of hydrogen-bond acceptors (Lipinski definition) is 4. The Morgan fingerprint density at radius 1 is 1.25 bits per heavy atom. The minimum Gasteiger partial charge on any atom is -0.466 e. The lowest BCUT2D eigenvalue weighted by atomic mass is 10.3. The lowest BCUT2D eigenvalue weighted by Crippen LogP contribution is -2.39. The third-order valence-electron chi connectivity index (χ3n) is 1.35. The quantitative estimate of drug-likeness (QED) is 0.550. The van der Waals surface area contributed by atoms with E-state index in [1.54, 1.807) is 0 Å². The number of rotatable bonds is 5. The summed E-state index contributed by atoms with van der Waals surface area (Å²) in [5.74, 6) is -3.91. The number of ketones is 1. The SMILES string of the molecule is CCOC(=O)CC(=O)CNC(=O)C(F)(F)F. The molecular formula is C8H10F3NO4. The smallest absolute Gasteiger partial charge is 0.466 e. The summed E-state index contributed by atoms with van der Waals surface area (Å²) in [6.45, 7) is 0.742. The van der Waals surface area contributed by atoms with Crippen LogP contribution in [0.5, 0.6) is 0 Å². The van der Waals surface area contributed by atoms with Gasteiger partial charge in [0.15, 0.2) is 5.78 Å². The van der Waals surface area contributed by atoms with E-state index in [2.05, 4.69) is 4.74 Å². The maximum absolute atomic E-state index is 11.7. The predicted octanol–water partition coefficient (Wildman–Crippen LogP) is 0.187. The molecule has 92 valence electrons. The number of halogens is 3. The number of carbonyl (C=O) groups excluding carboxylic acids is 3. The molecule has 0 rings (SSSR count). The zero-order valence-corrected chi connectivity index (χ0v) is 8.39. The molecule has 0 heterocycles. The molecule has 0 aliphatic heterocycles. The van der Waals surface area contributed by atoms with Crippen molar-refractivity contribution in [1.29, 1.82) is 0 Å². The lowest BCUT2D eigenvalue weighted by Gasteiger charge is -2.06. The van der Waals surface area contributed by atoms with Gasteiger partial charge in [0.05, 0.1) is 13.2 Å². The molecule has 1 amide bonds. The number of amides is 1. The van der Waals surface area contributed by atoms with Gasteiger partial charge in [-0.05, 0) is 6.92 Å². The standard InChI is InChI=1S/C8H10F3NO4/c1-2-16-6(14)3-5(13)4-12-7(15)8(9,10)11/h2-4H2,1H3,(H,12,15). The Labute approximate surface area is 88.9 Å². The maximum Gasteiger partial charge on any atom is 0.471 e. The van der Waals surface area contributed by atoms with Gasteiger partial charge in [-0.15, -0.1) is 0 Å². The van der Waals surface area contributed by atoms with Crippen molar-refractivity contribution in [3.63, 3.8) is 0 Å². The van der Waals surface area contributed by atoms with Gasteiger partial charge in [-0.3, -0.25) is 14.4 Å². The first kappa shape index (κ1) is 14.4. The van der Waals surface area contributed by atoms with Crippen LogP contribution >= 0.6 is 0 Å². The van der Waals surface area contributed by atoms with E-state index in [0.717, 1.165) is 0 Å². The van der Waals surface area contributed by atoms with Crippen LogP contribution in [0.15, 0.2) is 0 Å². The van der Waals surface area contributed by atoms with E-state index in [1.165, 1.54) is 12.2 Å². The van der Waals surface area contributed by atoms with Gasteiger partial charge in [0.25, 0.3) is 0 Å². The largest absolute Gasteiger partial charge is 0.471 e. The molecule has 0 unspecified atom stereocenters. The fourth-order valence-electron chi connectivity index (χ4n) is 0.715. The number of ether oxygens (including phenoxy) is 1. The van der Waals surface area contributed by atoms with Crippen molar-refractivity contribution in [3.05, 3.63) is 0 Å². The van der Waals surface area contributed by atoms with Crippen LogP contribution in [0.1, 0.15) is 13.3 Å². The number of hydrogen-bond donors (Lipinski definition) is 1. The van der Waals surface area contributed by atoms with E-state index in [1.807, 2.05) is 0 Å². The monoisotopic (exact) mass is 241 g/mol. The molecule has 8 heteroatoms. The summed E-state index contributed by atoms with van der Waals surface area (Å²) in [4.78, 5) is 31.9. The molecule has 0 aliphatic rings. The second-order valence-corrected chi connectivity index (χ2v) is 2.70. The molecule has 0 saturated carbocycles. The third-order valence-corrected chi connectivity index (χ3v) is 1.35. The number of Topliss-reactive ketones (excluding diaryl/α,β-unsaturated/α-hetero) is 1.